The van der Waals surface area contributed by atoms with Crippen LogP contribution >= 0.6 is 0 Å². The zero-order chi connectivity index (χ0) is 16.7. The highest BCUT2D eigenvalue weighted by Gasteiger charge is 2.18. The third-order valence-electron chi connectivity index (χ3n) is 4.35. The fraction of sp³-hybridized carbons (Fsp3) is 0.632. The van der Waals surface area contributed by atoms with Crippen LogP contribution in [0.15, 0.2) is 29.3 Å². The first-order valence-electron chi connectivity index (χ1n) is 8.73. The van der Waals surface area contributed by atoms with Crippen molar-refractivity contribution in [3.8, 4) is 0 Å². The molecule has 0 saturated carbocycles. The van der Waals surface area contributed by atoms with Crippen molar-refractivity contribution in [3.63, 3.8) is 0 Å². The molecule has 0 aliphatic carbocycles. The molecule has 0 atom stereocenters. The highest BCUT2D eigenvalue weighted by Crippen LogP contribution is 2.16. The minimum absolute atomic E-state index is 0.270. The van der Waals surface area contributed by atoms with Gasteiger partial charge in [-0.1, -0.05) is 31.2 Å². The minimum Gasteiger partial charge on any atom is -0.374 e. The molecule has 0 unspecified atom stereocenters. The highest BCUT2D eigenvalue weighted by molar-refractivity contribution is 5.79. The molecule has 128 valence electrons. The van der Waals surface area contributed by atoms with E-state index in [0.717, 1.165) is 31.5 Å². The van der Waals surface area contributed by atoms with Gasteiger partial charge in [-0.25, -0.2) is 0 Å². The number of likely N-dealkylation sites (tertiary alicyclic amines) is 1. The molecule has 1 fully saturated rings. The average molecular weight is 317 g/mol. The molecule has 1 aliphatic rings. The number of hydrogen-bond acceptors (Lipinski definition) is 2. The van der Waals surface area contributed by atoms with E-state index < -0.39 is 0 Å². The number of nitrogens with one attached hydrogen (secondary N) is 1. The molecule has 1 N–H and O–H groups in total. The predicted octanol–water partition coefficient (Wildman–Crippen LogP) is 3.42. The van der Waals surface area contributed by atoms with Crippen molar-refractivity contribution < 1.29 is 4.74 Å². The smallest absolute Gasteiger partial charge is 0.193 e. The number of piperidine rings is 1. The van der Waals surface area contributed by atoms with Crippen LogP contribution in [-0.4, -0.2) is 37.1 Å². The third kappa shape index (κ3) is 5.87. The molecule has 2 rings (SSSR count). The van der Waals surface area contributed by atoms with Gasteiger partial charge in [0, 0.05) is 26.7 Å². The Kier molecular flexibility index (Phi) is 6.90. The SMILES string of the molecule is CN=C(NCc1ccc(COC(C)C)cc1)N1CCC(C)CC1. The number of guanidine groups is 1. The maximum Gasteiger partial charge on any atom is 0.193 e. The van der Waals surface area contributed by atoms with Crippen LogP contribution in [0.3, 0.4) is 0 Å². The number of hydrogen-bond donors (Lipinski definition) is 1. The van der Waals surface area contributed by atoms with Gasteiger partial charge in [-0.3, -0.25) is 4.99 Å². The fourth-order valence-electron chi connectivity index (χ4n) is 2.75. The summed E-state index contributed by atoms with van der Waals surface area (Å²) in [6.07, 6.45) is 2.78. The van der Waals surface area contributed by atoms with Gasteiger partial charge in [-0.2, -0.15) is 0 Å². The van der Waals surface area contributed by atoms with Crippen LogP contribution in [0.4, 0.5) is 0 Å². The van der Waals surface area contributed by atoms with Crippen LogP contribution in [0.25, 0.3) is 0 Å². The standard InChI is InChI=1S/C19H31N3O/c1-15(2)23-14-18-7-5-17(6-8-18)13-21-19(20-4)22-11-9-16(3)10-12-22/h5-8,15-16H,9-14H2,1-4H3,(H,20,21). The van der Waals surface area contributed by atoms with Crippen molar-refractivity contribution in [2.45, 2.75) is 52.9 Å². The van der Waals surface area contributed by atoms with Gasteiger partial charge < -0.3 is 15.0 Å². The normalized spacial score (nSPS) is 16.9. The second kappa shape index (κ2) is 8.92. The van der Waals surface area contributed by atoms with Gasteiger partial charge in [0.05, 0.1) is 12.7 Å². The monoisotopic (exact) mass is 317 g/mol. The predicted molar refractivity (Wildman–Crippen MR) is 96.5 cm³/mol. The lowest BCUT2D eigenvalue weighted by Gasteiger charge is -2.32. The van der Waals surface area contributed by atoms with Gasteiger partial charge in [0.15, 0.2) is 5.96 Å². The molecule has 0 radical (unpaired) electrons. The van der Waals surface area contributed by atoms with Crippen LogP contribution in [0.5, 0.6) is 0 Å². The lowest BCUT2D eigenvalue weighted by molar-refractivity contribution is 0.0657. The lowest BCUT2D eigenvalue weighted by Crippen LogP contribution is -2.45. The van der Waals surface area contributed by atoms with E-state index in [9.17, 15) is 0 Å². The molecule has 1 saturated heterocycles. The number of rotatable bonds is 5. The topological polar surface area (TPSA) is 36.9 Å². The van der Waals surface area contributed by atoms with Crippen molar-refractivity contribution >= 4 is 5.96 Å². The zero-order valence-corrected chi connectivity index (χ0v) is 15.0. The van der Waals surface area contributed by atoms with Crippen LogP contribution in [-0.2, 0) is 17.9 Å². The summed E-state index contributed by atoms with van der Waals surface area (Å²) in [6, 6.07) is 8.62. The largest absolute Gasteiger partial charge is 0.374 e. The Balaban J connectivity index is 1.82. The first-order valence-corrected chi connectivity index (χ1v) is 8.73. The van der Waals surface area contributed by atoms with Crippen LogP contribution in [0.1, 0.15) is 44.7 Å². The Morgan fingerprint density at radius 2 is 1.83 bits per heavy atom. The summed E-state index contributed by atoms with van der Waals surface area (Å²) in [6.45, 7) is 10.1. The second-order valence-electron chi connectivity index (χ2n) is 6.75. The lowest BCUT2D eigenvalue weighted by atomic mass is 9.99. The summed E-state index contributed by atoms with van der Waals surface area (Å²) in [5, 5.41) is 3.48. The van der Waals surface area contributed by atoms with Crippen molar-refractivity contribution in [3.05, 3.63) is 35.4 Å². The molecule has 1 heterocycles. The van der Waals surface area contributed by atoms with Crippen LogP contribution in [0.2, 0.25) is 0 Å². The minimum atomic E-state index is 0.270. The summed E-state index contributed by atoms with van der Waals surface area (Å²) in [4.78, 5) is 6.80. The zero-order valence-electron chi connectivity index (χ0n) is 15.0. The van der Waals surface area contributed by atoms with Gasteiger partial charge in [0.25, 0.3) is 0 Å². The molecule has 1 aromatic rings. The van der Waals surface area contributed by atoms with Gasteiger partial charge in [0.2, 0.25) is 0 Å². The van der Waals surface area contributed by atoms with E-state index in [-0.39, 0.29) is 6.10 Å². The summed E-state index contributed by atoms with van der Waals surface area (Å²) in [7, 11) is 1.87. The number of benzene rings is 1. The molecular weight excluding hydrogens is 286 g/mol. The molecular formula is C19H31N3O. The van der Waals surface area contributed by atoms with Crippen molar-refractivity contribution in [1.82, 2.24) is 10.2 Å². The summed E-state index contributed by atoms with van der Waals surface area (Å²) in [5.74, 6) is 1.86. The van der Waals surface area contributed by atoms with E-state index in [1.54, 1.807) is 0 Å². The first kappa shape index (κ1) is 17.8. The molecule has 0 bridgehead atoms. The fourth-order valence-corrected chi connectivity index (χ4v) is 2.75. The summed E-state index contributed by atoms with van der Waals surface area (Å²) >= 11 is 0. The molecule has 0 spiro atoms. The molecule has 0 aromatic heterocycles. The van der Waals surface area contributed by atoms with E-state index >= 15 is 0 Å². The Morgan fingerprint density at radius 3 is 2.39 bits per heavy atom. The number of aliphatic imine (C=N–C) groups is 1. The molecule has 4 heteroatoms. The highest BCUT2D eigenvalue weighted by atomic mass is 16.5. The van der Waals surface area contributed by atoms with Crippen molar-refractivity contribution in [2.24, 2.45) is 10.9 Å². The maximum absolute atomic E-state index is 5.63. The Bertz CT molecular complexity index is 488. The molecule has 23 heavy (non-hydrogen) atoms. The van der Waals surface area contributed by atoms with Crippen LogP contribution in [0, 0.1) is 5.92 Å². The van der Waals surface area contributed by atoms with E-state index in [0.29, 0.717) is 6.61 Å². The third-order valence-corrected chi connectivity index (χ3v) is 4.35. The molecule has 1 aromatic carbocycles. The number of ether oxygens (including phenoxy) is 1. The Morgan fingerprint density at radius 1 is 1.22 bits per heavy atom. The van der Waals surface area contributed by atoms with Crippen molar-refractivity contribution in [1.29, 1.82) is 0 Å². The number of nitrogens with zero attached hydrogens (tertiary/aromatic N) is 2. The van der Waals surface area contributed by atoms with E-state index in [4.69, 9.17) is 4.74 Å². The average Bonchev–Trinajstić information content (AvgIpc) is 2.56. The second-order valence-corrected chi connectivity index (χ2v) is 6.75. The summed E-state index contributed by atoms with van der Waals surface area (Å²) in [5.41, 5.74) is 2.49. The van der Waals surface area contributed by atoms with Gasteiger partial charge in [-0.05, 0) is 43.7 Å². The van der Waals surface area contributed by atoms with E-state index in [2.05, 4.69) is 60.2 Å². The van der Waals surface area contributed by atoms with Crippen LogP contribution < -0.4 is 5.32 Å². The molecule has 0 amide bonds. The molecule has 4 nitrogen and oxygen atoms in total. The Hall–Kier alpha value is -1.55. The molecule has 1 aliphatic heterocycles. The quantitative estimate of drug-likeness (QED) is 0.668. The van der Waals surface area contributed by atoms with Gasteiger partial charge >= 0.3 is 0 Å². The van der Waals surface area contributed by atoms with Gasteiger partial charge in [-0.15, -0.1) is 0 Å². The Labute approximate surface area is 140 Å². The maximum atomic E-state index is 5.63. The van der Waals surface area contributed by atoms with E-state index in [1.807, 2.05) is 7.05 Å². The first-order chi connectivity index (χ1) is 11.1. The van der Waals surface area contributed by atoms with Crippen molar-refractivity contribution in [2.75, 3.05) is 20.1 Å². The van der Waals surface area contributed by atoms with Gasteiger partial charge in [0.1, 0.15) is 0 Å². The van der Waals surface area contributed by atoms with E-state index in [1.165, 1.54) is 24.0 Å². The summed E-state index contributed by atoms with van der Waals surface area (Å²) < 4.78 is 5.63.